The van der Waals surface area contributed by atoms with Crippen LogP contribution in [-0.2, 0) is 4.79 Å². The molecule has 0 spiro atoms. The molecular weight excluding hydrogens is 234 g/mol. The lowest BCUT2D eigenvalue weighted by molar-refractivity contribution is -0.141. The summed E-state index contributed by atoms with van der Waals surface area (Å²) in [4.78, 5) is 14.4. The molecule has 0 aliphatic heterocycles. The molecule has 1 aliphatic carbocycles. The fourth-order valence-corrected chi connectivity index (χ4v) is 3.97. The molecular formula is C17H33NO. The van der Waals surface area contributed by atoms with E-state index in [4.69, 9.17) is 0 Å². The van der Waals surface area contributed by atoms with Crippen molar-refractivity contribution in [1.29, 1.82) is 0 Å². The van der Waals surface area contributed by atoms with Gasteiger partial charge in [0.1, 0.15) is 0 Å². The van der Waals surface area contributed by atoms with Gasteiger partial charge in [-0.05, 0) is 29.1 Å². The van der Waals surface area contributed by atoms with Crippen LogP contribution < -0.4 is 0 Å². The molecule has 1 fully saturated rings. The highest BCUT2D eigenvalue weighted by molar-refractivity contribution is 5.74. The van der Waals surface area contributed by atoms with Crippen LogP contribution in [0.4, 0.5) is 0 Å². The second-order valence-electron chi connectivity index (χ2n) is 8.95. The minimum absolute atomic E-state index is 0.101. The lowest BCUT2D eigenvalue weighted by Crippen LogP contribution is -2.57. The predicted octanol–water partition coefficient (Wildman–Crippen LogP) is 4.49. The third-order valence-electron chi connectivity index (χ3n) is 4.47. The SMILES string of the molecule is CC(=O)N(CC1(C)CCC1)C(C(C)(C)C)C(C)(C)C. The molecule has 0 radical (unpaired) electrons. The number of nitrogens with zero attached hydrogens (tertiary/aromatic N) is 1. The summed E-state index contributed by atoms with van der Waals surface area (Å²) in [5.41, 5.74) is 0.550. The van der Waals surface area contributed by atoms with Gasteiger partial charge >= 0.3 is 0 Å². The van der Waals surface area contributed by atoms with Crippen LogP contribution in [0.25, 0.3) is 0 Å². The zero-order valence-corrected chi connectivity index (χ0v) is 14.3. The first-order valence-corrected chi connectivity index (χ1v) is 7.64. The second-order valence-corrected chi connectivity index (χ2v) is 8.95. The third kappa shape index (κ3) is 3.97. The summed E-state index contributed by atoms with van der Waals surface area (Å²) in [6.45, 7) is 18.5. The maximum absolute atomic E-state index is 12.2. The van der Waals surface area contributed by atoms with Gasteiger partial charge in [0.05, 0.1) is 0 Å². The maximum Gasteiger partial charge on any atom is 0.219 e. The number of hydrogen-bond acceptors (Lipinski definition) is 1. The molecule has 0 atom stereocenters. The lowest BCUT2D eigenvalue weighted by atomic mass is 9.67. The first-order chi connectivity index (χ1) is 8.37. The van der Waals surface area contributed by atoms with Crippen molar-refractivity contribution in [1.82, 2.24) is 4.90 Å². The molecule has 112 valence electrons. The van der Waals surface area contributed by atoms with E-state index in [2.05, 4.69) is 53.4 Å². The summed E-state index contributed by atoms with van der Waals surface area (Å²) < 4.78 is 0. The Bertz CT molecular complexity index is 314. The number of carbonyl (C=O) groups is 1. The van der Waals surface area contributed by atoms with E-state index in [1.807, 2.05) is 0 Å². The zero-order valence-electron chi connectivity index (χ0n) is 14.3. The van der Waals surface area contributed by atoms with Gasteiger partial charge in [0.25, 0.3) is 0 Å². The van der Waals surface area contributed by atoms with E-state index in [1.54, 1.807) is 6.92 Å². The predicted molar refractivity (Wildman–Crippen MR) is 82.0 cm³/mol. The molecule has 0 aromatic carbocycles. The van der Waals surface area contributed by atoms with Crippen molar-refractivity contribution in [3.63, 3.8) is 0 Å². The van der Waals surface area contributed by atoms with Gasteiger partial charge in [-0.2, -0.15) is 0 Å². The third-order valence-corrected chi connectivity index (χ3v) is 4.47. The van der Waals surface area contributed by atoms with Gasteiger partial charge in [0.15, 0.2) is 0 Å². The van der Waals surface area contributed by atoms with Crippen LogP contribution in [0.2, 0.25) is 0 Å². The average molecular weight is 267 g/mol. The molecule has 2 nitrogen and oxygen atoms in total. The number of hydrogen-bond donors (Lipinski definition) is 0. The van der Waals surface area contributed by atoms with Crippen LogP contribution >= 0.6 is 0 Å². The summed E-state index contributed by atoms with van der Waals surface area (Å²) in [7, 11) is 0. The number of carbonyl (C=O) groups excluding carboxylic acids is 1. The Labute approximate surface area is 119 Å². The van der Waals surface area contributed by atoms with E-state index in [1.165, 1.54) is 19.3 Å². The molecule has 0 bridgehead atoms. The largest absolute Gasteiger partial charge is 0.338 e. The summed E-state index contributed by atoms with van der Waals surface area (Å²) in [6, 6.07) is 0.273. The van der Waals surface area contributed by atoms with Gasteiger partial charge in [0, 0.05) is 19.5 Å². The van der Waals surface area contributed by atoms with Gasteiger partial charge in [0.2, 0.25) is 5.91 Å². The Morgan fingerprint density at radius 1 is 1.11 bits per heavy atom. The Morgan fingerprint density at radius 2 is 1.53 bits per heavy atom. The molecule has 1 rings (SSSR count). The van der Waals surface area contributed by atoms with Crippen molar-refractivity contribution in [2.75, 3.05) is 6.54 Å². The molecule has 0 heterocycles. The normalized spacial score (nSPS) is 19.2. The molecule has 0 aromatic heterocycles. The molecule has 0 saturated heterocycles. The van der Waals surface area contributed by atoms with Crippen molar-refractivity contribution >= 4 is 5.91 Å². The number of rotatable bonds is 3. The fraction of sp³-hybridized carbons (Fsp3) is 0.941. The van der Waals surface area contributed by atoms with E-state index in [-0.39, 0.29) is 22.8 Å². The highest BCUT2D eigenvalue weighted by Crippen LogP contribution is 2.44. The minimum Gasteiger partial charge on any atom is -0.338 e. The standard InChI is InChI=1S/C17H33NO/c1-13(19)18(12-17(8)10-9-11-17)14(15(2,3)4)16(5,6)7/h14H,9-12H2,1-8H3. The highest BCUT2D eigenvalue weighted by atomic mass is 16.2. The summed E-state index contributed by atoms with van der Waals surface area (Å²) in [6.07, 6.45) is 3.84. The molecule has 1 saturated carbocycles. The Hall–Kier alpha value is -0.530. The summed E-state index contributed by atoms with van der Waals surface area (Å²) in [5, 5.41) is 0. The fourth-order valence-electron chi connectivity index (χ4n) is 3.97. The van der Waals surface area contributed by atoms with E-state index in [0.29, 0.717) is 5.41 Å². The first kappa shape index (κ1) is 16.5. The first-order valence-electron chi connectivity index (χ1n) is 7.64. The van der Waals surface area contributed by atoms with Crippen LogP contribution in [0.5, 0.6) is 0 Å². The Morgan fingerprint density at radius 3 is 1.74 bits per heavy atom. The van der Waals surface area contributed by atoms with Crippen LogP contribution in [0, 0.1) is 16.2 Å². The van der Waals surface area contributed by atoms with Gasteiger partial charge in [-0.1, -0.05) is 54.9 Å². The van der Waals surface area contributed by atoms with Crippen LogP contribution in [-0.4, -0.2) is 23.4 Å². The van der Waals surface area contributed by atoms with Crippen LogP contribution in [0.1, 0.15) is 74.7 Å². The monoisotopic (exact) mass is 267 g/mol. The highest BCUT2D eigenvalue weighted by Gasteiger charge is 2.44. The topological polar surface area (TPSA) is 20.3 Å². The summed E-state index contributed by atoms with van der Waals surface area (Å²) >= 11 is 0. The molecule has 0 aromatic rings. The van der Waals surface area contributed by atoms with Crippen molar-refractivity contribution in [2.24, 2.45) is 16.2 Å². The molecule has 19 heavy (non-hydrogen) atoms. The number of amides is 1. The molecule has 1 aliphatic rings. The zero-order chi connectivity index (χ0) is 15.1. The van der Waals surface area contributed by atoms with Crippen LogP contribution in [0.3, 0.4) is 0 Å². The minimum atomic E-state index is 0.101. The van der Waals surface area contributed by atoms with Crippen molar-refractivity contribution in [3.05, 3.63) is 0 Å². The maximum atomic E-state index is 12.2. The van der Waals surface area contributed by atoms with E-state index >= 15 is 0 Å². The van der Waals surface area contributed by atoms with Crippen molar-refractivity contribution < 1.29 is 4.79 Å². The van der Waals surface area contributed by atoms with E-state index < -0.39 is 0 Å². The lowest BCUT2D eigenvalue weighted by Gasteiger charge is -2.52. The van der Waals surface area contributed by atoms with Gasteiger partial charge in [-0.3, -0.25) is 4.79 Å². The molecule has 1 amide bonds. The molecule has 0 unspecified atom stereocenters. The van der Waals surface area contributed by atoms with Crippen molar-refractivity contribution in [2.45, 2.75) is 80.7 Å². The van der Waals surface area contributed by atoms with Crippen molar-refractivity contribution in [3.8, 4) is 0 Å². The quantitative estimate of drug-likeness (QED) is 0.738. The van der Waals surface area contributed by atoms with Gasteiger partial charge < -0.3 is 4.90 Å². The van der Waals surface area contributed by atoms with E-state index in [9.17, 15) is 4.79 Å². The molecule has 0 N–H and O–H groups in total. The average Bonchev–Trinajstić information content (AvgIpc) is 2.09. The Kier molecular flexibility index (Phi) is 4.44. The second kappa shape index (κ2) is 5.10. The van der Waals surface area contributed by atoms with E-state index in [0.717, 1.165) is 6.54 Å². The van der Waals surface area contributed by atoms with Gasteiger partial charge in [-0.15, -0.1) is 0 Å². The smallest absolute Gasteiger partial charge is 0.219 e. The summed E-state index contributed by atoms with van der Waals surface area (Å²) in [5.74, 6) is 0.225. The van der Waals surface area contributed by atoms with Crippen LogP contribution in [0.15, 0.2) is 0 Å². The molecule has 2 heteroatoms. The Balaban J connectivity index is 3.03. The van der Waals surface area contributed by atoms with Gasteiger partial charge in [-0.25, -0.2) is 0 Å².